The fraction of sp³-hybridized carbons (Fsp3) is 0.500. The molecular weight excluding hydrogens is 409 g/mol. The molecule has 31 heavy (non-hydrogen) atoms. The van der Waals surface area contributed by atoms with Crippen LogP contribution in [0.15, 0.2) is 30.5 Å². The highest BCUT2D eigenvalue weighted by atomic mass is 19.4. The molecule has 2 aliphatic rings. The molecule has 2 aliphatic heterocycles. The second-order valence-corrected chi connectivity index (χ2v) is 8.25. The maximum Gasteiger partial charge on any atom is 0.434 e. The smallest absolute Gasteiger partial charge is 0.342 e. The number of amides is 2. The van der Waals surface area contributed by atoms with Gasteiger partial charge in [0.2, 0.25) is 5.91 Å². The van der Waals surface area contributed by atoms with Crippen molar-refractivity contribution in [3.05, 3.63) is 47.3 Å². The van der Waals surface area contributed by atoms with Crippen molar-refractivity contribution >= 4 is 11.8 Å². The number of aromatic nitrogens is 2. The van der Waals surface area contributed by atoms with Crippen LogP contribution in [-0.2, 0) is 11.0 Å². The number of carbonyl (C=O) groups is 2. The number of nitrogens with zero attached hydrogens (tertiary/aromatic N) is 4. The van der Waals surface area contributed by atoms with Crippen molar-refractivity contribution in [3.8, 4) is 5.69 Å². The molecule has 0 N–H and O–H groups in total. The van der Waals surface area contributed by atoms with Crippen molar-refractivity contribution in [1.82, 2.24) is 19.6 Å². The predicted molar refractivity (Wildman–Crippen MR) is 108 cm³/mol. The van der Waals surface area contributed by atoms with Gasteiger partial charge < -0.3 is 9.80 Å². The van der Waals surface area contributed by atoms with E-state index in [1.54, 1.807) is 24.3 Å². The summed E-state index contributed by atoms with van der Waals surface area (Å²) in [7, 11) is 0. The Balaban J connectivity index is 1.52. The number of alkyl halides is 3. The molecular formula is C22H25F3N4O2. The lowest BCUT2D eigenvalue weighted by Gasteiger charge is -2.33. The fourth-order valence-electron chi connectivity index (χ4n) is 4.36. The monoisotopic (exact) mass is 434 g/mol. The Morgan fingerprint density at radius 2 is 1.58 bits per heavy atom. The topological polar surface area (TPSA) is 58.4 Å². The van der Waals surface area contributed by atoms with Gasteiger partial charge in [0.05, 0.1) is 17.4 Å². The van der Waals surface area contributed by atoms with Gasteiger partial charge in [-0.25, -0.2) is 4.68 Å². The summed E-state index contributed by atoms with van der Waals surface area (Å²) in [5.41, 5.74) is -0.381. The van der Waals surface area contributed by atoms with E-state index in [2.05, 4.69) is 5.10 Å². The number of carbonyl (C=O) groups excluding carboxylic acids is 2. The average molecular weight is 434 g/mol. The summed E-state index contributed by atoms with van der Waals surface area (Å²) in [4.78, 5) is 28.8. The van der Waals surface area contributed by atoms with E-state index in [9.17, 15) is 22.8 Å². The Morgan fingerprint density at radius 3 is 2.16 bits per heavy atom. The van der Waals surface area contributed by atoms with Crippen LogP contribution < -0.4 is 0 Å². The van der Waals surface area contributed by atoms with Gasteiger partial charge in [0.15, 0.2) is 5.69 Å². The molecule has 3 heterocycles. The third-order valence-electron chi connectivity index (χ3n) is 6.10. The largest absolute Gasteiger partial charge is 0.434 e. The van der Waals surface area contributed by atoms with E-state index < -0.39 is 23.3 Å². The summed E-state index contributed by atoms with van der Waals surface area (Å²) >= 11 is 0. The number of halogens is 3. The van der Waals surface area contributed by atoms with E-state index in [0.717, 1.165) is 42.4 Å². The molecule has 4 rings (SSSR count). The minimum Gasteiger partial charge on any atom is -0.342 e. The SMILES string of the molecule is Cc1ccc(-n2ncc(C(=O)N3CCC(C(=O)N4CCCC4)CC3)c2C(F)(F)F)cc1. The lowest BCUT2D eigenvalue weighted by molar-refractivity contribution is -0.143. The number of piperidine rings is 1. The normalized spacial score (nSPS) is 17.9. The molecule has 2 saturated heterocycles. The first-order valence-corrected chi connectivity index (χ1v) is 10.6. The zero-order chi connectivity index (χ0) is 22.2. The minimum absolute atomic E-state index is 0.104. The molecule has 0 unspecified atom stereocenters. The lowest BCUT2D eigenvalue weighted by Crippen LogP contribution is -2.44. The van der Waals surface area contributed by atoms with Crippen molar-refractivity contribution in [2.24, 2.45) is 5.92 Å². The van der Waals surface area contributed by atoms with E-state index in [0.29, 0.717) is 12.8 Å². The first-order valence-electron chi connectivity index (χ1n) is 10.6. The van der Waals surface area contributed by atoms with Crippen molar-refractivity contribution < 1.29 is 22.8 Å². The van der Waals surface area contributed by atoms with Gasteiger partial charge in [0.1, 0.15) is 0 Å². The number of benzene rings is 1. The van der Waals surface area contributed by atoms with E-state index in [4.69, 9.17) is 0 Å². The molecule has 0 aliphatic carbocycles. The Bertz CT molecular complexity index is 954. The molecule has 0 atom stereocenters. The van der Waals surface area contributed by atoms with Crippen LogP contribution in [0, 0.1) is 12.8 Å². The highest BCUT2D eigenvalue weighted by Crippen LogP contribution is 2.35. The van der Waals surface area contributed by atoms with Gasteiger partial charge in [-0.2, -0.15) is 18.3 Å². The first-order chi connectivity index (χ1) is 14.8. The Kier molecular flexibility index (Phi) is 5.77. The lowest BCUT2D eigenvalue weighted by atomic mass is 9.95. The minimum atomic E-state index is -4.74. The summed E-state index contributed by atoms with van der Waals surface area (Å²) in [5.74, 6) is -0.759. The Hall–Kier alpha value is -2.84. The zero-order valence-corrected chi connectivity index (χ0v) is 17.4. The number of likely N-dealkylation sites (tertiary alicyclic amines) is 2. The van der Waals surface area contributed by atoms with Crippen LogP contribution in [0.1, 0.15) is 47.3 Å². The van der Waals surface area contributed by atoms with Crippen LogP contribution in [0.4, 0.5) is 13.2 Å². The van der Waals surface area contributed by atoms with Gasteiger partial charge in [-0.15, -0.1) is 0 Å². The molecule has 0 spiro atoms. The van der Waals surface area contributed by atoms with E-state index in [-0.39, 0.29) is 30.6 Å². The molecule has 166 valence electrons. The molecule has 9 heteroatoms. The van der Waals surface area contributed by atoms with Gasteiger partial charge in [0.25, 0.3) is 5.91 Å². The average Bonchev–Trinajstić information content (AvgIpc) is 3.43. The second-order valence-electron chi connectivity index (χ2n) is 8.25. The van der Waals surface area contributed by atoms with Crippen LogP contribution in [-0.4, -0.2) is 57.6 Å². The summed E-state index contributed by atoms with van der Waals surface area (Å²) in [6, 6.07) is 6.48. The van der Waals surface area contributed by atoms with E-state index >= 15 is 0 Å². The van der Waals surface area contributed by atoms with Gasteiger partial charge in [0, 0.05) is 32.1 Å². The summed E-state index contributed by atoms with van der Waals surface area (Å²) in [6.45, 7) is 3.90. The second kappa shape index (κ2) is 8.36. The van der Waals surface area contributed by atoms with E-state index in [1.165, 1.54) is 4.90 Å². The van der Waals surface area contributed by atoms with Gasteiger partial charge >= 0.3 is 6.18 Å². The molecule has 0 saturated carbocycles. The third kappa shape index (κ3) is 4.31. The molecule has 1 aromatic heterocycles. The molecule has 0 radical (unpaired) electrons. The van der Waals surface area contributed by atoms with Crippen LogP contribution in [0.25, 0.3) is 5.69 Å². The third-order valence-corrected chi connectivity index (χ3v) is 6.10. The van der Waals surface area contributed by atoms with Crippen molar-refractivity contribution in [2.45, 2.75) is 38.8 Å². The molecule has 0 bridgehead atoms. The summed E-state index contributed by atoms with van der Waals surface area (Å²) in [6.07, 6.45) is -0.797. The maximum atomic E-state index is 13.9. The maximum absolute atomic E-state index is 13.9. The highest BCUT2D eigenvalue weighted by molar-refractivity contribution is 5.95. The molecule has 6 nitrogen and oxygen atoms in total. The molecule has 2 fully saturated rings. The van der Waals surface area contributed by atoms with Crippen LogP contribution in [0.2, 0.25) is 0 Å². The summed E-state index contributed by atoms with van der Waals surface area (Å²) in [5, 5.41) is 3.88. The molecule has 2 amide bonds. The molecule has 2 aromatic rings. The van der Waals surface area contributed by atoms with Crippen molar-refractivity contribution in [2.75, 3.05) is 26.2 Å². The number of hydrogen-bond donors (Lipinski definition) is 0. The predicted octanol–water partition coefficient (Wildman–Crippen LogP) is 3.67. The van der Waals surface area contributed by atoms with Gasteiger partial charge in [-0.1, -0.05) is 17.7 Å². The fourth-order valence-corrected chi connectivity index (χ4v) is 4.36. The summed E-state index contributed by atoms with van der Waals surface area (Å²) < 4.78 is 42.5. The standard InChI is InChI=1S/C22H25F3N4O2/c1-15-4-6-17(7-5-15)29-19(22(23,24)25)18(14-26-29)21(31)28-12-8-16(9-13-28)20(30)27-10-2-3-11-27/h4-7,14,16H,2-3,8-13H2,1H3. The zero-order valence-electron chi connectivity index (χ0n) is 17.4. The number of aryl methyl sites for hydroxylation is 1. The van der Waals surface area contributed by atoms with Crippen molar-refractivity contribution in [3.63, 3.8) is 0 Å². The van der Waals surface area contributed by atoms with Crippen molar-refractivity contribution in [1.29, 1.82) is 0 Å². The van der Waals surface area contributed by atoms with Gasteiger partial charge in [-0.05, 0) is 44.7 Å². The number of rotatable bonds is 3. The quantitative estimate of drug-likeness (QED) is 0.741. The van der Waals surface area contributed by atoms with Crippen LogP contribution >= 0.6 is 0 Å². The van der Waals surface area contributed by atoms with Gasteiger partial charge in [-0.3, -0.25) is 9.59 Å². The Morgan fingerprint density at radius 1 is 0.968 bits per heavy atom. The first kappa shape index (κ1) is 21.4. The number of hydrogen-bond acceptors (Lipinski definition) is 3. The van der Waals surface area contributed by atoms with E-state index in [1.807, 2.05) is 11.8 Å². The Labute approximate surface area is 178 Å². The molecule has 1 aromatic carbocycles. The van der Waals surface area contributed by atoms with Crippen LogP contribution in [0.5, 0.6) is 0 Å². The highest BCUT2D eigenvalue weighted by Gasteiger charge is 2.42. The van der Waals surface area contributed by atoms with Crippen LogP contribution in [0.3, 0.4) is 0 Å².